The van der Waals surface area contributed by atoms with Gasteiger partial charge in [0.25, 0.3) is 0 Å². The fourth-order valence-corrected chi connectivity index (χ4v) is 1.76. The third-order valence-electron chi connectivity index (χ3n) is 2.99. The van der Waals surface area contributed by atoms with Crippen molar-refractivity contribution < 1.29 is 15.0 Å². The van der Waals surface area contributed by atoms with Crippen LogP contribution >= 0.6 is 0 Å². The number of aliphatic hydroxyl groups is 1. The smallest absolute Gasteiger partial charge is 0.0758 e. The first-order valence-electron chi connectivity index (χ1n) is 8.33. The Kier molecular flexibility index (Phi) is 15.2. The van der Waals surface area contributed by atoms with Crippen molar-refractivity contribution in [1.82, 2.24) is 0 Å². The number of carboxylic acids is 1. The third-order valence-corrected chi connectivity index (χ3v) is 2.99. The van der Waals surface area contributed by atoms with Crippen molar-refractivity contribution in [2.45, 2.75) is 58.0 Å². The summed E-state index contributed by atoms with van der Waals surface area (Å²) >= 11 is 0. The van der Waals surface area contributed by atoms with Crippen molar-refractivity contribution in [3.05, 3.63) is 60.8 Å². The van der Waals surface area contributed by atoms with E-state index in [9.17, 15) is 15.0 Å². The Morgan fingerprint density at radius 3 is 2.39 bits per heavy atom. The molecular weight excluding hydrogens is 288 g/mol. The molecule has 3 nitrogen and oxygen atoms in total. The monoisotopic (exact) mass is 317 g/mol. The van der Waals surface area contributed by atoms with Crippen LogP contribution in [0.25, 0.3) is 0 Å². The van der Waals surface area contributed by atoms with Gasteiger partial charge in [-0.2, -0.15) is 0 Å². The van der Waals surface area contributed by atoms with Crippen LogP contribution in [0, 0.1) is 0 Å². The Bertz CT molecular complexity index is 428. The Hall–Kier alpha value is -1.87. The van der Waals surface area contributed by atoms with Gasteiger partial charge < -0.3 is 15.0 Å². The van der Waals surface area contributed by atoms with Gasteiger partial charge in [0.05, 0.1) is 6.10 Å². The minimum atomic E-state index is -0.982. The molecule has 0 aromatic rings. The first kappa shape index (κ1) is 21.1. The third kappa shape index (κ3) is 18.1. The minimum Gasteiger partial charge on any atom is -0.550 e. The molecule has 0 unspecified atom stereocenters. The summed E-state index contributed by atoms with van der Waals surface area (Å²) in [7, 11) is 0. The van der Waals surface area contributed by atoms with Crippen LogP contribution in [0.2, 0.25) is 0 Å². The van der Waals surface area contributed by atoms with Crippen LogP contribution in [0.3, 0.4) is 0 Å². The predicted molar refractivity (Wildman–Crippen MR) is 94.7 cm³/mol. The van der Waals surface area contributed by atoms with E-state index >= 15 is 0 Å². The zero-order valence-electron chi connectivity index (χ0n) is 14.1. The lowest BCUT2D eigenvalue weighted by Crippen LogP contribution is -2.21. The van der Waals surface area contributed by atoms with Crippen LogP contribution in [-0.2, 0) is 4.79 Å². The number of unbranched alkanes of at least 4 members (excludes halogenated alkanes) is 1. The molecule has 1 N–H and O–H groups in total. The van der Waals surface area contributed by atoms with Crippen molar-refractivity contribution >= 4 is 5.97 Å². The molecule has 0 amide bonds. The lowest BCUT2D eigenvalue weighted by Gasteiger charge is -1.98. The van der Waals surface area contributed by atoms with E-state index < -0.39 is 12.1 Å². The number of aliphatic hydroxyl groups excluding tert-OH is 1. The Labute approximate surface area is 140 Å². The largest absolute Gasteiger partial charge is 0.550 e. The maximum Gasteiger partial charge on any atom is 0.0758 e. The number of allylic oxidation sites excluding steroid dienone is 8. The van der Waals surface area contributed by atoms with Gasteiger partial charge in [0.1, 0.15) is 0 Å². The number of carbonyl (C=O) groups is 1. The average Bonchev–Trinajstić information content (AvgIpc) is 2.51. The second-order valence-electron chi connectivity index (χ2n) is 5.17. The molecule has 0 heterocycles. The first-order valence-corrected chi connectivity index (χ1v) is 8.33. The summed E-state index contributed by atoms with van der Waals surface area (Å²) in [6.07, 6.45) is 24.4. The van der Waals surface area contributed by atoms with Crippen LogP contribution < -0.4 is 5.11 Å². The summed E-state index contributed by atoms with van der Waals surface area (Å²) < 4.78 is 0. The fourth-order valence-electron chi connectivity index (χ4n) is 1.76. The van der Waals surface area contributed by atoms with Gasteiger partial charge >= 0.3 is 0 Å². The van der Waals surface area contributed by atoms with Crippen LogP contribution in [0.15, 0.2) is 60.8 Å². The molecule has 0 aliphatic rings. The van der Waals surface area contributed by atoms with Gasteiger partial charge in [-0.1, -0.05) is 67.7 Å². The Morgan fingerprint density at radius 2 is 1.70 bits per heavy atom. The molecule has 0 saturated heterocycles. The summed E-state index contributed by atoms with van der Waals surface area (Å²) in [6, 6.07) is 0. The second kappa shape index (κ2) is 16.5. The first-order chi connectivity index (χ1) is 11.2. The summed E-state index contributed by atoms with van der Waals surface area (Å²) in [5, 5.41) is 19.8. The molecule has 0 aliphatic heterocycles. The van der Waals surface area contributed by atoms with E-state index in [0.717, 1.165) is 25.7 Å². The fraction of sp³-hybridized carbons (Fsp3) is 0.450. The minimum absolute atomic E-state index is 0.127. The molecular formula is C20H29O3-. The average molecular weight is 317 g/mol. The molecule has 0 aromatic carbocycles. The topological polar surface area (TPSA) is 60.4 Å². The number of hydrogen-bond acceptors (Lipinski definition) is 3. The zero-order chi connectivity index (χ0) is 17.2. The molecule has 0 rings (SSSR count). The molecule has 0 bridgehead atoms. The summed E-state index contributed by atoms with van der Waals surface area (Å²) in [5.41, 5.74) is 0. The highest BCUT2D eigenvalue weighted by atomic mass is 16.4. The van der Waals surface area contributed by atoms with Gasteiger partial charge in [-0.15, -0.1) is 0 Å². The van der Waals surface area contributed by atoms with Crippen LogP contribution in [-0.4, -0.2) is 17.2 Å². The van der Waals surface area contributed by atoms with Gasteiger partial charge in [-0.05, 0) is 44.9 Å². The molecule has 23 heavy (non-hydrogen) atoms. The summed E-state index contributed by atoms with van der Waals surface area (Å²) in [6.45, 7) is 2.07. The number of rotatable bonds is 13. The molecule has 0 spiro atoms. The number of hydrogen-bond donors (Lipinski definition) is 1. The van der Waals surface area contributed by atoms with Crippen LogP contribution in [0.1, 0.15) is 51.9 Å². The van der Waals surface area contributed by atoms with E-state index in [1.165, 1.54) is 0 Å². The van der Waals surface area contributed by atoms with Crippen molar-refractivity contribution in [1.29, 1.82) is 0 Å². The van der Waals surface area contributed by atoms with Gasteiger partial charge in [0.2, 0.25) is 0 Å². The van der Waals surface area contributed by atoms with E-state index in [4.69, 9.17) is 0 Å². The van der Waals surface area contributed by atoms with Gasteiger partial charge in [-0.25, -0.2) is 0 Å². The molecule has 0 fully saturated rings. The van der Waals surface area contributed by atoms with Crippen molar-refractivity contribution in [2.75, 3.05) is 0 Å². The quantitative estimate of drug-likeness (QED) is 0.320. The number of carbonyl (C=O) groups excluding carboxylic acids is 1. The highest BCUT2D eigenvalue weighted by Gasteiger charge is 1.92. The maximum atomic E-state index is 10.2. The van der Waals surface area contributed by atoms with E-state index in [2.05, 4.69) is 25.2 Å². The summed E-state index contributed by atoms with van der Waals surface area (Å²) in [4.78, 5) is 10.2. The van der Waals surface area contributed by atoms with E-state index in [-0.39, 0.29) is 6.42 Å². The number of aliphatic carboxylic acids is 1. The molecule has 128 valence electrons. The molecule has 0 radical (unpaired) electrons. The SMILES string of the molecule is CC/C=C\C[C@@H](O)/C=C/C=C\C/C=C\C/C=C\CCCC(=O)[O-]. The van der Waals surface area contributed by atoms with E-state index in [1.54, 1.807) is 6.08 Å². The van der Waals surface area contributed by atoms with Crippen molar-refractivity contribution in [3.63, 3.8) is 0 Å². The van der Waals surface area contributed by atoms with E-state index in [0.29, 0.717) is 12.8 Å². The van der Waals surface area contributed by atoms with Gasteiger partial charge in [-0.3, -0.25) is 0 Å². The summed E-state index contributed by atoms with van der Waals surface area (Å²) in [5.74, 6) is -0.982. The Morgan fingerprint density at radius 1 is 1.00 bits per heavy atom. The lowest BCUT2D eigenvalue weighted by molar-refractivity contribution is -0.305. The molecule has 0 aliphatic carbocycles. The predicted octanol–water partition coefficient (Wildman–Crippen LogP) is 3.63. The number of carboxylic acid groups (broad SMARTS) is 1. The van der Waals surface area contributed by atoms with E-state index in [1.807, 2.05) is 36.5 Å². The lowest BCUT2D eigenvalue weighted by atomic mass is 10.2. The molecule has 0 saturated carbocycles. The van der Waals surface area contributed by atoms with Gasteiger partial charge in [0.15, 0.2) is 0 Å². The highest BCUT2D eigenvalue weighted by Crippen LogP contribution is 1.99. The van der Waals surface area contributed by atoms with Crippen molar-refractivity contribution in [3.8, 4) is 0 Å². The maximum absolute atomic E-state index is 10.2. The standard InChI is InChI=1S/C20H30O3/c1-2-3-13-16-19(21)17-14-11-9-7-5-4-6-8-10-12-15-18-20(22)23/h3-5,8-11,13-14,17,19,21H,2,6-7,12,15-16,18H2,1H3,(H,22,23)/p-1/b5-4-,10-8-,11-9-,13-3-,17-14+/t19-/m1/s1. The van der Waals surface area contributed by atoms with Gasteiger partial charge in [0, 0.05) is 5.97 Å². The molecule has 0 aromatic heterocycles. The van der Waals surface area contributed by atoms with Crippen LogP contribution in [0.4, 0.5) is 0 Å². The molecule has 3 heteroatoms. The normalized spacial score (nSPS) is 14.2. The van der Waals surface area contributed by atoms with Crippen LogP contribution in [0.5, 0.6) is 0 Å². The zero-order valence-corrected chi connectivity index (χ0v) is 14.1. The molecule has 1 atom stereocenters. The van der Waals surface area contributed by atoms with Crippen molar-refractivity contribution in [2.24, 2.45) is 0 Å². The second-order valence-corrected chi connectivity index (χ2v) is 5.17. The highest BCUT2D eigenvalue weighted by molar-refractivity contribution is 5.64. The Balaban J connectivity index is 3.63.